The summed E-state index contributed by atoms with van der Waals surface area (Å²) in [4.78, 5) is 23.3. The first-order valence-electron chi connectivity index (χ1n) is 10.2. The van der Waals surface area contributed by atoms with Gasteiger partial charge < -0.3 is 20.3 Å². The fraction of sp³-hybridized carbons (Fsp3) is 0.476. The van der Waals surface area contributed by atoms with Crippen LogP contribution < -0.4 is 20.3 Å². The van der Waals surface area contributed by atoms with Crippen LogP contribution in [0.3, 0.4) is 0 Å². The van der Waals surface area contributed by atoms with E-state index in [2.05, 4.69) is 25.3 Å². The number of carbonyl (C=O) groups is 1. The summed E-state index contributed by atoms with van der Waals surface area (Å²) in [5, 5.41) is 6.00. The van der Waals surface area contributed by atoms with E-state index in [1.807, 2.05) is 25.9 Å². The first kappa shape index (κ1) is 23.9. The lowest BCUT2D eigenvalue weighted by molar-refractivity contribution is -0.274. The molecule has 174 valence electrons. The Morgan fingerprint density at radius 2 is 1.84 bits per heavy atom. The molecule has 1 aliphatic rings. The van der Waals surface area contributed by atoms with Gasteiger partial charge in [0.05, 0.1) is 5.02 Å². The van der Waals surface area contributed by atoms with Crippen LogP contribution in [0.5, 0.6) is 5.75 Å². The summed E-state index contributed by atoms with van der Waals surface area (Å²) in [6.45, 7) is 1.96. The van der Waals surface area contributed by atoms with E-state index in [-0.39, 0.29) is 28.6 Å². The van der Waals surface area contributed by atoms with Gasteiger partial charge in [0.2, 0.25) is 5.95 Å². The maximum atomic E-state index is 12.5. The Morgan fingerprint density at radius 1 is 1.19 bits per heavy atom. The molecule has 32 heavy (non-hydrogen) atoms. The predicted octanol–water partition coefficient (Wildman–Crippen LogP) is 4.56. The topological polar surface area (TPSA) is 79.4 Å². The highest BCUT2D eigenvalue weighted by Crippen LogP contribution is 2.31. The summed E-state index contributed by atoms with van der Waals surface area (Å²) in [6.07, 6.45) is 0.0687. The Morgan fingerprint density at radius 3 is 2.44 bits per heavy atom. The summed E-state index contributed by atoms with van der Waals surface area (Å²) in [7, 11) is 3.86. The second kappa shape index (κ2) is 9.81. The van der Waals surface area contributed by atoms with E-state index in [1.165, 1.54) is 12.1 Å². The van der Waals surface area contributed by atoms with Crippen molar-refractivity contribution in [2.75, 3.05) is 24.3 Å². The molecular weight excluding hydrogens is 447 g/mol. The largest absolute Gasteiger partial charge is 0.573 e. The van der Waals surface area contributed by atoms with Crippen LogP contribution in [0.4, 0.5) is 24.9 Å². The van der Waals surface area contributed by atoms with Gasteiger partial charge in [0.1, 0.15) is 11.6 Å². The standard InChI is InChI=1S/C21H25ClF3N5O2/c1-12-11-26-20(29-18(12)30(2)3)28-15-7-5-14(6-8-15)27-19(31)13-4-9-17(16(22)10-13)32-21(23,24)25/h4,9-11,14-15H,5-8H2,1-3H3,(H,27,31)(H,26,28,29). The van der Waals surface area contributed by atoms with Crippen LogP contribution in [0, 0.1) is 6.92 Å². The quantitative estimate of drug-likeness (QED) is 0.643. The van der Waals surface area contributed by atoms with Crippen molar-refractivity contribution in [2.24, 2.45) is 0 Å². The molecule has 1 fully saturated rings. The van der Waals surface area contributed by atoms with Crippen molar-refractivity contribution in [2.45, 2.75) is 51.1 Å². The Labute approximate surface area is 189 Å². The molecule has 2 aromatic rings. The third-order valence-corrected chi connectivity index (χ3v) is 5.48. The number of benzene rings is 1. The molecule has 0 spiro atoms. The van der Waals surface area contributed by atoms with Crippen LogP contribution in [0.2, 0.25) is 5.02 Å². The number of hydrogen-bond donors (Lipinski definition) is 2. The van der Waals surface area contributed by atoms with Crippen LogP contribution in [0.15, 0.2) is 24.4 Å². The van der Waals surface area contributed by atoms with Crippen molar-refractivity contribution in [3.63, 3.8) is 0 Å². The van der Waals surface area contributed by atoms with E-state index in [0.29, 0.717) is 5.95 Å². The molecule has 2 N–H and O–H groups in total. The number of aryl methyl sites for hydroxylation is 1. The molecule has 11 heteroatoms. The molecule has 0 bridgehead atoms. The number of rotatable bonds is 6. The van der Waals surface area contributed by atoms with Crippen molar-refractivity contribution < 1.29 is 22.7 Å². The molecule has 1 heterocycles. The lowest BCUT2D eigenvalue weighted by Crippen LogP contribution is -2.40. The molecule has 0 saturated heterocycles. The van der Waals surface area contributed by atoms with Crippen molar-refractivity contribution >= 4 is 29.3 Å². The molecule has 0 aliphatic heterocycles. The summed E-state index contributed by atoms with van der Waals surface area (Å²) < 4.78 is 40.9. The molecular formula is C21H25ClF3N5O2. The van der Waals surface area contributed by atoms with Gasteiger partial charge in [-0.1, -0.05) is 11.6 Å². The number of ether oxygens (including phenoxy) is 1. The van der Waals surface area contributed by atoms with E-state index in [0.717, 1.165) is 43.1 Å². The lowest BCUT2D eigenvalue weighted by atomic mass is 9.91. The average Bonchev–Trinajstić information content (AvgIpc) is 2.71. The molecule has 0 unspecified atom stereocenters. The van der Waals surface area contributed by atoms with Crippen LogP contribution in [-0.2, 0) is 0 Å². The second-order valence-electron chi connectivity index (χ2n) is 7.95. The number of hydrogen-bond acceptors (Lipinski definition) is 6. The minimum atomic E-state index is -4.85. The fourth-order valence-electron chi connectivity index (χ4n) is 3.64. The van der Waals surface area contributed by atoms with Crippen LogP contribution in [0.1, 0.15) is 41.6 Å². The maximum Gasteiger partial charge on any atom is 0.573 e. The molecule has 1 saturated carbocycles. The van der Waals surface area contributed by atoms with Gasteiger partial charge in [-0.15, -0.1) is 13.2 Å². The number of nitrogens with zero attached hydrogens (tertiary/aromatic N) is 3. The average molecular weight is 472 g/mol. The lowest BCUT2D eigenvalue weighted by Gasteiger charge is -2.30. The molecule has 1 aromatic carbocycles. The van der Waals surface area contributed by atoms with Gasteiger partial charge in [-0.3, -0.25) is 4.79 Å². The molecule has 1 amide bonds. The highest BCUT2D eigenvalue weighted by Gasteiger charge is 2.32. The minimum Gasteiger partial charge on any atom is -0.404 e. The molecule has 7 nitrogen and oxygen atoms in total. The van der Waals surface area contributed by atoms with Gasteiger partial charge in [0.25, 0.3) is 5.91 Å². The van der Waals surface area contributed by atoms with Crippen LogP contribution >= 0.6 is 11.6 Å². The summed E-state index contributed by atoms with van der Waals surface area (Å²) >= 11 is 5.83. The monoisotopic (exact) mass is 471 g/mol. The Hall–Kier alpha value is -2.75. The zero-order valence-corrected chi connectivity index (χ0v) is 18.7. The molecule has 0 atom stereocenters. The number of aromatic nitrogens is 2. The molecule has 3 rings (SSSR count). The Balaban J connectivity index is 1.52. The van der Waals surface area contributed by atoms with Gasteiger partial charge in [-0.25, -0.2) is 4.98 Å². The zero-order valence-electron chi connectivity index (χ0n) is 18.0. The van der Waals surface area contributed by atoms with Crippen molar-refractivity contribution in [3.05, 3.63) is 40.5 Å². The fourth-order valence-corrected chi connectivity index (χ4v) is 3.86. The van der Waals surface area contributed by atoms with Gasteiger partial charge >= 0.3 is 6.36 Å². The van der Waals surface area contributed by atoms with E-state index in [9.17, 15) is 18.0 Å². The van der Waals surface area contributed by atoms with Gasteiger partial charge in [0.15, 0.2) is 0 Å². The minimum absolute atomic E-state index is 0.0401. The van der Waals surface area contributed by atoms with Crippen molar-refractivity contribution in [3.8, 4) is 5.75 Å². The van der Waals surface area contributed by atoms with Crippen LogP contribution in [-0.4, -0.2) is 48.4 Å². The zero-order chi connectivity index (χ0) is 23.5. The third-order valence-electron chi connectivity index (χ3n) is 5.18. The van der Waals surface area contributed by atoms with Crippen molar-refractivity contribution in [1.82, 2.24) is 15.3 Å². The van der Waals surface area contributed by atoms with Gasteiger partial charge in [-0.2, -0.15) is 4.98 Å². The first-order valence-corrected chi connectivity index (χ1v) is 10.5. The summed E-state index contributed by atoms with van der Waals surface area (Å²) in [5.41, 5.74) is 1.17. The molecule has 1 aromatic heterocycles. The number of nitrogens with one attached hydrogen (secondary N) is 2. The maximum absolute atomic E-state index is 12.5. The Bertz CT molecular complexity index is 963. The van der Waals surface area contributed by atoms with Gasteiger partial charge in [0, 0.05) is 43.5 Å². The number of carbonyl (C=O) groups excluding carboxylic acids is 1. The van der Waals surface area contributed by atoms with Crippen molar-refractivity contribution in [1.29, 1.82) is 0 Å². The van der Waals surface area contributed by atoms with Crippen LogP contribution in [0.25, 0.3) is 0 Å². The SMILES string of the molecule is Cc1cnc(NC2CCC(NC(=O)c3ccc(OC(F)(F)F)c(Cl)c3)CC2)nc1N(C)C. The number of amides is 1. The van der Waals surface area contributed by atoms with Gasteiger partial charge in [-0.05, 0) is 50.8 Å². The Kier molecular flexibility index (Phi) is 7.33. The highest BCUT2D eigenvalue weighted by atomic mass is 35.5. The van der Waals surface area contributed by atoms with E-state index < -0.39 is 12.1 Å². The smallest absolute Gasteiger partial charge is 0.404 e. The first-order chi connectivity index (χ1) is 15.0. The number of anilines is 2. The summed E-state index contributed by atoms with van der Waals surface area (Å²) in [6, 6.07) is 3.61. The van der Waals surface area contributed by atoms with E-state index in [1.54, 1.807) is 6.20 Å². The number of alkyl halides is 3. The molecule has 0 radical (unpaired) electrons. The third kappa shape index (κ3) is 6.38. The normalized spacial score (nSPS) is 18.7. The second-order valence-corrected chi connectivity index (χ2v) is 8.36. The highest BCUT2D eigenvalue weighted by molar-refractivity contribution is 6.32. The van der Waals surface area contributed by atoms with E-state index >= 15 is 0 Å². The molecule has 1 aliphatic carbocycles. The van der Waals surface area contributed by atoms with E-state index in [4.69, 9.17) is 11.6 Å². The predicted molar refractivity (Wildman–Crippen MR) is 116 cm³/mol. The summed E-state index contributed by atoms with van der Waals surface area (Å²) in [5.74, 6) is 0.494. The number of halogens is 4.